The number of carbonyl (C=O) groups is 1. The molecule has 0 saturated carbocycles. The normalized spacial score (nSPS) is 13.4. The number of benzene rings is 2. The van der Waals surface area contributed by atoms with Gasteiger partial charge < -0.3 is 10.4 Å². The third-order valence-corrected chi connectivity index (χ3v) is 4.22. The smallest absolute Gasteiger partial charge is 0.251 e. The van der Waals surface area contributed by atoms with Crippen molar-refractivity contribution in [2.75, 3.05) is 12.0 Å². The first-order valence-corrected chi connectivity index (χ1v) is 8.72. The lowest BCUT2D eigenvalue weighted by atomic mass is 10.1. The first-order valence-electron chi connectivity index (χ1n) is 6.61. The van der Waals surface area contributed by atoms with Gasteiger partial charge in [-0.25, -0.2) is 0 Å². The Morgan fingerprint density at radius 3 is 2.55 bits per heavy atom. The average Bonchev–Trinajstić information content (AvgIpc) is 2.49. The van der Waals surface area contributed by atoms with E-state index in [1.807, 2.05) is 30.3 Å². The monoisotopic (exact) mass is 337 g/mol. The Balaban J connectivity index is 2.21. The Bertz CT molecular complexity index is 691. The van der Waals surface area contributed by atoms with Gasteiger partial charge in [0.2, 0.25) is 0 Å². The van der Waals surface area contributed by atoms with Gasteiger partial charge in [0.25, 0.3) is 5.91 Å². The average molecular weight is 338 g/mol. The predicted molar refractivity (Wildman–Crippen MR) is 88.7 cm³/mol. The molecule has 0 spiro atoms. The zero-order valence-electron chi connectivity index (χ0n) is 12.0. The van der Waals surface area contributed by atoms with Crippen LogP contribution in [-0.4, -0.2) is 27.2 Å². The van der Waals surface area contributed by atoms with Crippen LogP contribution < -0.4 is 5.32 Å². The highest BCUT2D eigenvalue weighted by atomic mass is 35.5. The molecule has 0 radical (unpaired) electrons. The van der Waals surface area contributed by atoms with E-state index in [-0.39, 0.29) is 22.7 Å². The van der Waals surface area contributed by atoms with Gasteiger partial charge in [0.15, 0.2) is 0 Å². The van der Waals surface area contributed by atoms with Crippen molar-refractivity contribution in [1.29, 1.82) is 0 Å². The molecule has 2 aromatic carbocycles. The van der Waals surface area contributed by atoms with E-state index in [9.17, 15) is 14.1 Å². The molecule has 0 aliphatic heterocycles. The van der Waals surface area contributed by atoms with E-state index >= 15 is 0 Å². The number of carbonyl (C=O) groups excluding carboxylic acids is 1. The minimum atomic E-state index is -1.06. The number of hydrogen-bond donors (Lipinski definition) is 2. The Morgan fingerprint density at radius 1 is 1.27 bits per heavy atom. The summed E-state index contributed by atoms with van der Waals surface area (Å²) in [5.74, 6) is -0.0876. The van der Waals surface area contributed by atoms with Crippen LogP contribution in [0.4, 0.5) is 0 Å². The van der Waals surface area contributed by atoms with Crippen LogP contribution in [0.1, 0.15) is 22.0 Å². The fourth-order valence-corrected chi connectivity index (χ4v) is 2.96. The molecular weight excluding hydrogens is 322 g/mol. The van der Waals surface area contributed by atoms with Crippen LogP contribution >= 0.6 is 11.6 Å². The van der Waals surface area contributed by atoms with Crippen molar-refractivity contribution in [2.24, 2.45) is 0 Å². The van der Waals surface area contributed by atoms with Crippen LogP contribution in [-0.2, 0) is 10.8 Å². The number of phenols is 1. The summed E-state index contributed by atoms with van der Waals surface area (Å²) >= 11 is 5.82. The Kier molecular flexibility index (Phi) is 5.57. The number of phenolic OH excluding ortho intramolecular Hbond substituents is 1. The number of hydrogen-bond acceptors (Lipinski definition) is 3. The fourth-order valence-electron chi connectivity index (χ4n) is 2.03. The van der Waals surface area contributed by atoms with Gasteiger partial charge in [0.05, 0.1) is 11.1 Å². The molecule has 1 amide bonds. The molecule has 6 heteroatoms. The van der Waals surface area contributed by atoms with Crippen LogP contribution in [0.2, 0.25) is 5.02 Å². The topological polar surface area (TPSA) is 66.4 Å². The molecular formula is C16H16ClNO3S. The van der Waals surface area contributed by atoms with Gasteiger partial charge in [-0.05, 0) is 23.8 Å². The number of aromatic hydroxyl groups is 1. The largest absolute Gasteiger partial charge is 0.506 e. The molecule has 0 fully saturated rings. The van der Waals surface area contributed by atoms with Gasteiger partial charge in [-0.3, -0.25) is 9.00 Å². The molecule has 2 atom stereocenters. The highest BCUT2D eigenvalue weighted by Crippen LogP contribution is 2.24. The van der Waals surface area contributed by atoms with Crippen LogP contribution in [0.3, 0.4) is 0 Å². The van der Waals surface area contributed by atoms with Crippen molar-refractivity contribution >= 4 is 28.3 Å². The lowest BCUT2D eigenvalue weighted by Gasteiger charge is -2.18. The van der Waals surface area contributed by atoms with E-state index in [1.54, 1.807) is 6.26 Å². The summed E-state index contributed by atoms with van der Waals surface area (Å²) in [5.41, 5.74) is 1.22. The van der Waals surface area contributed by atoms with E-state index in [2.05, 4.69) is 5.32 Å². The quantitative estimate of drug-likeness (QED) is 0.881. The summed E-state index contributed by atoms with van der Waals surface area (Å²) in [6.07, 6.45) is 1.60. The molecule has 2 rings (SSSR count). The highest BCUT2D eigenvalue weighted by Gasteiger charge is 2.17. The highest BCUT2D eigenvalue weighted by molar-refractivity contribution is 7.84. The van der Waals surface area contributed by atoms with E-state index in [0.29, 0.717) is 11.3 Å². The van der Waals surface area contributed by atoms with Crippen molar-refractivity contribution in [3.05, 3.63) is 64.7 Å². The number of halogens is 1. The number of rotatable bonds is 5. The van der Waals surface area contributed by atoms with E-state index in [4.69, 9.17) is 11.6 Å². The van der Waals surface area contributed by atoms with Crippen LogP contribution in [0.25, 0.3) is 0 Å². The van der Waals surface area contributed by atoms with Crippen molar-refractivity contribution < 1.29 is 14.1 Å². The molecule has 0 saturated heterocycles. The molecule has 116 valence electrons. The second-order valence-corrected chi connectivity index (χ2v) is 6.73. The summed E-state index contributed by atoms with van der Waals surface area (Å²) in [5, 5.41) is 12.4. The molecule has 0 aromatic heterocycles. The van der Waals surface area contributed by atoms with Gasteiger partial charge >= 0.3 is 0 Å². The maximum atomic E-state index is 12.3. The summed E-state index contributed by atoms with van der Waals surface area (Å²) < 4.78 is 11.5. The Morgan fingerprint density at radius 2 is 1.95 bits per heavy atom. The zero-order valence-corrected chi connectivity index (χ0v) is 13.5. The van der Waals surface area contributed by atoms with Crippen molar-refractivity contribution in [3.8, 4) is 5.75 Å². The van der Waals surface area contributed by atoms with Crippen molar-refractivity contribution in [1.82, 2.24) is 5.32 Å². The minimum absolute atomic E-state index is 0.0764. The molecule has 2 N–H and O–H groups in total. The summed E-state index contributed by atoms with van der Waals surface area (Å²) in [6, 6.07) is 13.3. The second-order valence-electron chi connectivity index (χ2n) is 4.84. The molecule has 0 bridgehead atoms. The SMILES string of the molecule is C[S@](=O)C[C@@H](NC(=O)c1ccc(O)c(Cl)c1)c1ccccc1. The molecule has 22 heavy (non-hydrogen) atoms. The number of amides is 1. The van der Waals surface area contributed by atoms with E-state index < -0.39 is 10.8 Å². The zero-order chi connectivity index (χ0) is 16.1. The minimum Gasteiger partial charge on any atom is -0.506 e. The first-order chi connectivity index (χ1) is 10.5. The lowest BCUT2D eigenvalue weighted by Crippen LogP contribution is -2.31. The van der Waals surface area contributed by atoms with Crippen molar-refractivity contribution in [3.63, 3.8) is 0 Å². The molecule has 0 aliphatic carbocycles. The molecule has 4 nitrogen and oxygen atoms in total. The second kappa shape index (κ2) is 7.42. The van der Waals surface area contributed by atoms with Gasteiger partial charge in [-0.2, -0.15) is 0 Å². The van der Waals surface area contributed by atoms with Crippen molar-refractivity contribution in [2.45, 2.75) is 6.04 Å². The molecule has 0 heterocycles. The Labute approximate surface area is 136 Å². The third-order valence-electron chi connectivity index (χ3n) is 3.12. The molecule has 0 aliphatic rings. The lowest BCUT2D eigenvalue weighted by molar-refractivity contribution is 0.0940. The molecule has 0 unspecified atom stereocenters. The number of nitrogens with one attached hydrogen (secondary N) is 1. The predicted octanol–water partition coefficient (Wildman–Crippen LogP) is 2.90. The molecule has 2 aromatic rings. The van der Waals surface area contributed by atoms with Gasteiger partial charge in [-0.15, -0.1) is 0 Å². The van der Waals surface area contributed by atoms with Crippen LogP contribution in [0.15, 0.2) is 48.5 Å². The summed E-state index contributed by atoms with van der Waals surface area (Å²) in [7, 11) is -1.06. The van der Waals surface area contributed by atoms with Gasteiger partial charge in [0.1, 0.15) is 5.75 Å². The van der Waals surface area contributed by atoms with Gasteiger partial charge in [-0.1, -0.05) is 41.9 Å². The standard InChI is InChI=1S/C16H16ClNO3S/c1-22(21)10-14(11-5-3-2-4-6-11)18-16(20)12-7-8-15(19)13(17)9-12/h2-9,14,19H,10H2,1H3,(H,18,20)/t14-,22+/m1/s1. The van der Waals surface area contributed by atoms with E-state index in [0.717, 1.165) is 5.56 Å². The van der Waals surface area contributed by atoms with Crippen LogP contribution in [0, 0.1) is 0 Å². The maximum absolute atomic E-state index is 12.3. The fraction of sp³-hybridized carbons (Fsp3) is 0.188. The third kappa shape index (κ3) is 4.32. The summed E-state index contributed by atoms with van der Waals surface area (Å²) in [4.78, 5) is 12.3. The van der Waals surface area contributed by atoms with Gasteiger partial charge in [0, 0.05) is 28.4 Å². The summed E-state index contributed by atoms with van der Waals surface area (Å²) in [6.45, 7) is 0. The van der Waals surface area contributed by atoms with Crippen LogP contribution in [0.5, 0.6) is 5.75 Å². The first kappa shape index (κ1) is 16.5. The maximum Gasteiger partial charge on any atom is 0.251 e. The van der Waals surface area contributed by atoms with E-state index in [1.165, 1.54) is 18.2 Å². The Hall–Kier alpha value is -1.85.